The van der Waals surface area contributed by atoms with Gasteiger partial charge in [-0.25, -0.2) is 9.78 Å². The molecule has 1 aliphatic heterocycles. The smallest absolute Gasteiger partial charge is 0.416 e. The fourth-order valence-corrected chi connectivity index (χ4v) is 6.89. The first kappa shape index (κ1) is 24.2. The zero-order chi connectivity index (χ0) is 25.2. The van der Waals surface area contributed by atoms with Gasteiger partial charge in [-0.1, -0.05) is 46.7 Å². The minimum Gasteiger partial charge on any atom is -0.476 e. The molecule has 0 fully saturated rings. The first-order chi connectivity index (χ1) is 16.5. The summed E-state index contributed by atoms with van der Waals surface area (Å²) in [5.74, 6) is -1.33. The van der Waals surface area contributed by atoms with E-state index in [4.69, 9.17) is 23.2 Å². The van der Waals surface area contributed by atoms with E-state index >= 15 is 0 Å². The summed E-state index contributed by atoms with van der Waals surface area (Å²) in [5, 5.41) is 15.5. The number of hydrogen-bond acceptors (Lipinski definition) is 5. The van der Waals surface area contributed by atoms with Crippen LogP contribution in [-0.4, -0.2) is 25.8 Å². The van der Waals surface area contributed by atoms with Crippen LogP contribution in [0.1, 0.15) is 39.5 Å². The first-order valence-electron chi connectivity index (χ1n) is 10.1. The van der Waals surface area contributed by atoms with Crippen molar-refractivity contribution in [2.45, 2.75) is 29.5 Å². The summed E-state index contributed by atoms with van der Waals surface area (Å²) in [4.78, 5) is 17.0. The van der Waals surface area contributed by atoms with Gasteiger partial charge in [0.1, 0.15) is 0 Å². The van der Waals surface area contributed by atoms with Crippen molar-refractivity contribution in [3.63, 3.8) is 0 Å². The van der Waals surface area contributed by atoms with Crippen LogP contribution in [0.4, 0.5) is 13.2 Å². The normalized spacial score (nSPS) is 15.1. The van der Waals surface area contributed by atoms with Gasteiger partial charge in [0.25, 0.3) is 0 Å². The summed E-state index contributed by atoms with van der Waals surface area (Å²) in [5.41, 5.74) is 1.72. The number of aromatic nitrogens is 3. The molecule has 2 aromatic carbocycles. The van der Waals surface area contributed by atoms with Gasteiger partial charge in [-0.3, -0.25) is 0 Å². The van der Waals surface area contributed by atoms with Crippen molar-refractivity contribution in [3.05, 3.63) is 69.0 Å². The predicted octanol–water partition coefficient (Wildman–Crippen LogP) is 8.16. The van der Waals surface area contributed by atoms with Crippen LogP contribution < -0.4 is 0 Å². The first-order valence-corrected chi connectivity index (χ1v) is 12.6. The van der Waals surface area contributed by atoms with Crippen LogP contribution >= 0.6 is 46.3 Å². The van der Waals surface area contributed by atoms with Crippen molar-refractivity contribution < 1.29 is 23.1 Å². The number of alkyl halides is 3. The maximum atomic E-state index is 13.3. The molecule has 5 nitrogen and oxygen atoms in total. The lowest BCUT2D eigenvalue weighted by atomic mass is 10.0. The number of benzene rings is 2. The largest absolute Gasteiger partial charge is 0.476 e. The molecule has 35 heavy (non-hydrogen) atoms. The van der Waals surface area contributed by atoms with E-state index in [0.29, 0.717) is 15.7 Å². The van der Waals surface area contributed by atoms with E-state index < -0.39 is 17.7 Å². The van der Waals surface area contributed by atoms with Crippen LogP contribution in [0, 0.1) is 6.92 Å². The van der Waals surface area contributed by atoms with Gasteiger partial charge in [-0.15, -0.1) is 11.8 Å². The van der Waals surface area contributed by atoms with Crippen LogP contribution in [0.3, 0.4) is 0 Å². The van der Waals surface area contributed by atoms with E-state index in [-0.39, 0.29) is 32.9 Å². The molecule has 1 atom stereocenters. The molecule has 180 valence electrons. The number of aromatic carboxylic acids is 1. The SMILES string of the molecule is Cc1nn(-c2nc3c(s2)SC(C)c2cc(Cl)c(Cl)cc2-3)c(C(=O)O)c1-c1cccc(C(F)(F)F)c1. The Kier molecular flexibility index (Phi) is 5.90. The fourth-order valence-electron chi connectivity index (χ4n) is 4.02. The maximum absolute atomic E-state index is 13.3. The number of thioether (sulfide) groups is 1. The Bertz CT molecular complexity index is 1510. The molecule has 0 saturated heterocycles. The Morgan fingerprint density at radius 2 is 1.89 bits per heavy atom. The summed E-state index contributed by atoms with van der Waals surface area (Å²) in [6.07, 6.45) is -4.57. The lowest BCUT2D eigenvalue weighted by molar-refractivity contribution is -0.137. The van der Waals surface area contributed by atoms with Gasteiger partial charge < -0.3 is 5.11 Å². The van der Waals surface area contributed by atoms with Crippen LogP contribution in [0.2, 0.25) is 10.0 Å². The average molecular weight is 556 g/mol. The second-order valence-corrected chi connectivity index (χ2v) is 11.3. The number of thiazole rings is 1. The van der Waals surface area contributed by atoms with Gasteiger partial charge in [0.2, 0.25) is 5.13 Å². The molecule has 1 unspecified atom stereocenters. The lowest BCUT2D eigenvalue weighted by Gasteiger charge is -2.21. The number of carboxylic acid groups (broad SMARTS) is 1. The van der Waals surface area contributed by atoms with Gasteiger partial charge >= 0.3 is 12.1 Å². The zero-order valence-corrected chi connectivity index (χ0v) is 21.1. The highest BCUT2D eigenvalue weighted by molar-refractivity contribution is 8.01. The highest BCUT2D eigenvalue weighted by Gasteiger charge is 2.33. The summed E-state index contributed by atoms with van der Waals surface area (Å²) in [6.45, 7) is 3.57. The third-order valence-electron chi connectivity index (χ3n) is 5.58. The van der Waals surface area contributed by atoms with Gasteiger partial charge in [0, 0.05) is 16.4 Å². The number of nitrogens with zero attached hydrogens (tertiary/aromatic N) is 3. The molecule has 0 spiro atoms. The van der Waals surface area contributed by atoms with Crippen molar-refractivity contribution in [2.75, 3.05) is 0 Å². The summed E-state index contributed by atoms with van der Waals surface area (Å²) < 4.78 is 41.9. The molecule has 0 saturated carbocycles. The van der Waals surface area contributed by atoms with Crippen molar-refractivity contribution in [1.29, 1.82) is 0 Å². The Labute approximate surface area is 215 Å². The second-order valence-electron chi connectivity index (χ2n) is 7.85. The molecular formula is C23H14Cl2F3N3O2S2. The molecule has 12 heteroatoms. The van der Waals surface area contributed by atoms with Gasteiger partial charge in [-0.2, -0.15) is 23.0 Å². The van der Waals surface area contributed by atoms with E-state index in [9.17, 15) is 23.1 Å². The monoisotopic (exact) mass is 555 g/mol. The van der Waals surface area contributed by atoms with Gasteiger partial charge in [0.15, 0.2) is 5.69 Å². The molecule has 0 radical (unpaired) electrons. The Morgan fingerprint density at radius 3 is 2.57 bits per heavy atom. The minimum atomic E-state index is -4.57. The minimum absolute atomic E-state index is 0.0551. The van der Waals surface area contributed by atoms with Crippen molar-refractivity contribution in [2.24, 2.45) is 0 Å². The zero-order valence-electron chi connectivity index (χ0n) is 17.9. The molecule has 0 amide bonds. The van der Waals surface area contributed by atoms with E-state index in [1.807, 2.05) is 6.92 Å². The standard InChI is InChI=1S/C23H14Cl2F3N3O2S2/c1-9-17(11-4-3-5-12(6-11)23(26,27)28)19(20(32)33)31(30-9)22-29-18-14-8-16(25)15(24)7-13(14)10(2)34-21(18)35-22/h3-8,10H,1-2H3,(H,32,33). The third-order valence-corrected chi connectivity index (χ3v) is 8.68. The highest BCUT2D eigenvalue weighted by atomic mass is 35.5. The Hall–Kier alpha value is -2.53. The van der Waals surface area contributed by atoms with Crippen molar-refractivity contribution >= 4 is 52.3 Å². The molecule has 5 rings (SSSR count). The number of hydrogen-bond donors (Lipinski definition) is 1. The quantitative estimate of drug-likeness (QED) is 0.276. The molecular weight excluding hydrogens is 542 g/mol. The predicted molar refractivity (Wildman–Crippen MR) is 131 cm³/mol. The number of carbonyl (C=O) groups is 1. The molecule has 3 heterocycles. The third kappa shape index (κ3) is 4.12. The van der Waals surface area contributed by atoms with E-state index in [1.54, 1.807) is 30.8 Å². The maximum Gasteiger partial charge on any atom is 0.416 e. The molecule has 4 aromatic rings. The van der Waals surface area contributed by atoms with E-state index in [1.165, 1.54) is 28.2 Å². The number of carboxylic acids is 1. The number of fused-ring (bicyclic) bond motifs is 3. The van der Waals surface area contributed by atoms with Crippen LogP contribution in [0.25, 0.3) is 27.5 Å². The molecule has 0 bridgehead atoms. The summed E-state index contributed by atoms with van der Waals surface area (Å²) >= 11 is 15.3. The van der Waals surface area contributed by atoms with Gasteiger partial charge in [0.05, 0.1) is 31.2 Å². The molecule has 1 N–H and O–H groups in total. The Morgan fingerprint density at radius 1 is 1.17 bits per heavy atom. The fraction of sp³-hybridized carbons (Fsp3) is 0.174. The van der Waals surface area contributed by atoms with Crippen LogP contribution in [0.5, 0.6) is 0 Å². The number of halogens is 5. The number of aryl methyl sites for hydroxylation is 1. The average Bonchev–Trinajstić information content (AvgIpc) is 3.35. The second kappa shape index (κ2) is 8.55. The van der Waals surface area contributed by atoms with Crippen molar-refractivity contribution in [3.8, 4) is 27.5 Å². The summed E-state index contributed by atoms with van der Waals surface area (Å²) in [7, 11) is 0. The van der Waals surface area contributed by atoms with Crippen LogP contribution in [0.15, 0.2) is 40.6 Å². The van der Waals surface area contributed by atoms with E-state index in [0.717, 1.165) is 27.5 Å². The highest BCUT2D eigenvalue weighted by Crippen LogP contribution is 2.53. The van der Waals surface area contributed by atoms with Gasteiger partial charge in [-0.05, 0) is 49.2 Å². The van der Waals surface area contributed by atoms with E-state index in [2.05, 4.69) is 10.1 Å². The summed E-state index contributed by atoms with van der Waals surface area (Å²) in [6, 6.07) is 8.07. The van der Waals surface area contributed by atoms with Crippen molar-refractivity contribution in [1.82, 2.24) is 14.8 Å². The lowest BCUT2D eigenvalue weighted by Crippen LogP contribution is -2.09. The number of rotatable bonds is 3. The Balaban J connectivity index is 1.69. The molecule has 0 aliphatic carbocycles. The molecule has 1 aliphatic rings. The molecule has 2 aromatic heterocycles. The van der Waals surface area contributed by atoms with Crippen LogP contribution in [-0.2, 0) is 6.18 Å². The topological polar surface area (TPSA) is 68.0 Å².